The normalized spacial score (nSPS) is 14.2. The Kier molecular flexibility index (Phi) is 2.59. The van der Waals surface area contributed by atoms with Crippen LogP contribution in [0.15, 0.2) is 71.8 Å². The molecule has 2 aromatic rings. The number of fused-ring (bicyclic) bond motifs is 1. The van der Waals surface area contributed by atoms with Gasteiger partial charge in [0.05, 0.1) is 11.4 Å². The number of nitrogens with zero attached hydrogens (tertiary/aromatic N) is 1. The van der Waals surface area contributed by atoms with Crippen LogP contribution in [0.1, 0.15) is 6.42 Å². The molecule has 0 N–H and O–H groups in total. The van der Waals surface area contributed by atoms with Crippen molar-refractivity contribution < 1.29 is 0 Å². The van der Waals surface area contributed by atoms with Crippen LogP contribution in [0.4, 0.5) is 5.69 Å². The van der Waals surface area contributed by atoms with Gasteiger partial charge in [-0.1, -0.05) is 48.6 Å². The van der Waals surface area contributed by atoms with Crippen LogP contribution in [0, 0.1) is 0 Å². The van der Waals surface area contributed by atoms with Gasteiger partial charge in [-0.15, -0.1) is 0 Å². The van der Waals surface area contributed by atoms with Crippen molar-refractivity contribution in [1.29, 1.82) is 0 Å². The molecule has 17 heavy (non-hydrogen) atoms. The van der Waals surface area contributed by atoms with Crippen LogP contribution in [-0.4, -0.2) is 5.71 Å². The molecule has 0 saturated carbocycles. The lowest BCUT2D eigenvalue weighted by Gasteiger charge is -2.03. The summed E-state index contributed by atoms with van der Waals surface area (Å²) in [4.78, 5) is 4.69. The molecule has 1 aliphatic rings. The van der Waals surface area contributed by atoms with Gasteiger partial charge in [0.15, 0.2) is 0 Å². The van der Waals surface area contributed by atoms with Crippen molar-refractivity contribution in [3.05, 3.63) is 66.8 Å². The number of aliphatic imine (C=N–C) groups is 1. The lowest BCUT2D eigenvalue weighted by Crippen LogP contribution is -1.90. The molecule has 0 heterocycles. The van der Waals surface area contributed by atoms with Gasteiger partial charge in [0, 0.05) is 5.39 Å². The van der Waals surface area contributed by atoms with E-state index >= 15 is 0 Å². The third kappa shape index (κ3) is 2.04. The monoisotopic (exact) mass is 219 g/mol. The molecule has 2 aromatic carbocycles. The minimum Gasteiger partial charge on any atom is -0.248 e. The number of rotatable bonds is 1. The van der Waals surface area contributed by atoms with Gasteiger partial charge in [0.25, 0.3) is 0 Å². The molecule has 0 bridgehead atoms. The summed E-state index contributed by atoms with van der Waals surface area (Å²) >= 11 is 0. The second-order valence-electron chi connectivity index (χ2n) is 4.08. The Labute approximate surface area is 101 Å². The molecule has 0 aliphatic heterocycles. The molecular formula is C16H13N. The van der Waals surface area contributed by atoms with Crippen molar-refractivity contribution in [3.63, 3.8) is 0 Å². The number of benzene rings is 2. The minimum absolute atomic E-state index is 1.01. The zero-order valence-electron chi connectivity index (χ0n) is 9.51. The topological polar surface area (TPSA) is 12.4 Å². The summed E-state index contributed by atoms with van der Waals surface area (Å²) in [7, 11) is 0. The van der Waals surface area contributed by atoms with Gasteiger partial charge in [-0.05, 0) is 30.0 Å². The Morgan fingerprint density at radius 3 is 2.47 bits per heavy atom. The predicted molar refractivity (Wildman–Crippen MR) is 73.9 cm³/mol. The molecule has 0 fully saturated rings. The molecule has 1 aliphatic carbocycles. The van der Waals surface area contributed by atoms with Crippen molar-refractivity contribution in [2.75, 3.05) is 0 Å². The van der Waals surface area contributed by atoms with Crippen LogP contribution in [0.5, 0.6) is 0 Å². The summed E-state index contributed by atoms with van der Waals surface area (Å²) in [6.07, 6.45) is 9.41. The van der Waals surface area contributed by atoms with Crippen molar-refractivity contribution in [2.45, 2.75) is 6.42 Å². The van der Waals surface area contributed by atoms with E-state index in [1.54, 1.807) is 0 Å². The Morgan fingerprint density at radius 1 is 0.824 bits per heavy atom. The molecule has 0 unspecified atom stereocenters. The van der Waals surface area contributed by atoms with E-state index < -0.39 is 0 Å². The fourth-order valence-electron chi connectivity index (χ4n) is 2.03. The Balaban J connectivity index is 2.14. The van der Waals surface area contributed by atoms with Gasteiger partial charge in [0.2, 0.25) is 0 Å². The van der Waals surface area contributed by atoms with Crippen molar-refractivity contribution in [2.24, 2.45) is 4.99 Å². The number of allylic oxidation sites excluding steroid dienone is 4. The third-order valence-corrected chi connectivity index (χ3v) is 2.87. The van der Waals surface area contributed by atoms with E-state index in [0.717, 1.165) is 17.8 Å². The van der Waals surface area contributed by atoms with E-state index in [2.05, 4.69) is 71.8 Å². The van der Waals surface area contributed by atoms with E-state index in [-0.39, 0.29) is 0 Å². The summed E-state index contributed by atoms with van der Waals surface area (Å²) in [5.41, 5.74) is 2.06. The Hall–Kier alpha value is -2.15. The van der Waals surface area contributed by atoms with Gasteiger partial charge in [-0.2, -0.15) is 0 Å². The fourth-order valence-corrected chi connectivity index (χ4v) is 2.03. The quantitative estimate of drug-likeness (QED) is 0.672. The van der Waals surface area contributed by atoms with Crippen LogP contribution < -0.4 is 0 Å². The first-order valence-electron chi connectivity index (χ1n) is 5.83. The maximum Gasteiger partial charge on any atom is 0.0715 e. The fraction of sp³-hybridized carbons (Fsp3) is 0.0625. The molecule has 0 amide bonds. The molecule has 1 heteroatoms. The first-order valence-corrected chi connectivity index (χ1v) is 5.83. The average molecular weight is 219 g/mol. The van der Waals surface area contributed by atoms with E-state index in [0.29, 0.717) is 0 Å². The molecular weight excluding hydrogens is 206 g/mol. The van der Waals surface area contributed by atoms with E-state index in [9.17, 15) is 0 Å². The van der Waals surface area contributed by atoms with Crippen molar-refractivity contribution in [3.8, 4) is 0 Å². The van der Waals surface area contributed by atoms with Gasteiger partial charge in [-0.3, -0.25) is 0 Å². The molecule has 0 radical (unpaired) electrons. The zero-order chi connectivity index (χ0) is 11.5. The van der Waals surface area contributed by atoms with E-state index in [4.69, 9.17) is 0 Å². The molecule has 0 spiro atoms. The van der Waals surface area contributed by atoms with Gasteiger partial charge in [-0.25, -0.2) is 4.99 Å². The summed E-state index contributed by atoms with van der Waals surface area (Å²) in [5, 5.41) is 2.44. The first kappa shape index (κ1) is 10.0. The summed E-state index contributed by atoms with van der Waals surface area (Å²) < 4.78 is 0. The highest BCUT2D eigenvalue weighted by Crippen LogP contribution is 2.26. The summed E-state index contributed by atoms with van der Waals surface area (Å²) in [6.45, 7) is 0. The van der Waals surface area contributed by atoms with Crippen LogP contribution in [0.2, 0.25) is 0 Å². The van der Waals surface area contributed by atoms with Gasteiger partial charge >= 0.3 is 0 Å². The maximum atomic E-state index is 4.69. The van der Waals surface area contributed by atoms with Crippen molar-refractivity contribution >= 4 is 22.2 Å². The Morgan fingerprint density at radius 2 is 1.59 bits per heavy atom. The number of hydrogen-bond donors (Lipinski definition) is 0. The average Bonchev–Trinajstić information content (AvgIpc) is 2.40. The highest BCUT2D eigenvalue weighted by Gasteiger charge is 1.99. The van der Waals surface area contributed by atoms with Crippen LogP contribution >= 0.6 is 0 Å². The lowest BCUT2D eigenvalue weighted by atomic mass is 10.1. The van der Waals surface area contributed by atoms with Gasteiger partial charge in [0.1, 0.15) is 0 Å². The van der Waals surface area contributed by atoms with E-state index in [1.165, 1.54) is 10.8 Å². The SMILES string of the molecule is C1=CC(=Nc2cccc3ccccc23)C=CC1. The second kappa shape index (κ2) is 4.38. The Bertz CT molecular complexity index is 614. The minimum atomic E-state index is 1.01. The van der Waals surface area contributed by atoms with E-state index in [1.807, 2.05) is 0 Å². The smallest absolute Gasteiger partial charge is 0.0715 e. The summed E-state index contributed by atoms with van der Waals surface area (Å²) in [5.74, 6) is 0. The molecule has 0 saturated heterocycles. The van der Waals surface area contributed by atoms with Gasteiger partial charge < -0.3 is 0 Å². The largest absolute Gasteiger partial charge is 0.248 e. The molecule has 0 aromatic heterocycles. The maximum absolute atomic E-state index is 4.69. The molecule has 1 nitrogen and oxygen atoms in total. The molecule has 0 atom stereocenters. The first-order chi connectivity index (χ1) is 8.43. The standard InChI is InChI=1S/C16H13N/c1-2-9-14(10-3-1)17-16-12-6-8-13-7-4-5-11-15(13)16/h2-12H,1H2. The predicted octanol–water partition coefficient (Wildman–Crippen LogP) is 4.43. The third-order valence-electron chi connectivity index (χ3n) is 2.87. The summed E-state index contributed by atoms with van der Waals surface area (Å²) in [6, 6.07) is 14.6. The highest BCUT2D eigenvalue weighted by molar-refractivity contribution is 6.07. The van der Waals surface area contributed by atoms with Crippen molar-refractivity contribution in [1.82, 2.24) is 0 Å². The van der Waals surface area contributed by atoms with Crippen LogP contribution in [0.3, 0.4) is 0 Å². The second-order valence-corrected chi connectivity index (χ2v) is 4.08. The number of hydrogen-bond acceptors (Lipinski definition) is 1. The molecule has 82 valence electrons. The highest BCUT2D eigenvalue weighted by atomic mass is 14.7. The zero-order valence-corrected chi connectivity index (χ0v) is 9.51. The van der Waals surface area contributed by atoms with Crippen LogP contribution in [-0.2, 0) is 0 Å². The van der Waals surface area contributed by atoms with Crippen LogP contribution in [0.25, 0.3) is 10.8 Å². The molecule has 3 rings (SSSR count). The lowest BCUT2D eigenvalue weighted by molar-refractivity contribution is 1.38.